The molecule has 1 fully saturated rings. The molecule has 3 nitrogen and oxygen atoms in total. The lowest BCUT2D eigenvalue weighted by Crippen LogP contribution is -2.20. The SMILES string of the molecule is CCOCc1cccc(-c2cccc(C3NCCN3)c2)c1. The molecule has 2 aromatic carbocycles. The second kappa shape index (κ2) is 6.85. The molecule has 0 saturated carbocycles. The van der Waals surface area contributed by atoms with Crippen molar-refractivity contribution in [1.82, 2.24) is 10.6 Å². The minimum absolute atomic E-state index is 0.275. The van der Waals surface area contributed by atoms with Crippen LogP contribution in [0.2, 0.25) is 0 Å². The number of nitrogens with one attached hydrogen (secondary N) is 2. The lowest BCUT2D eigenvalue weighted by molar-refractivity contribution is 0.134. The van der Waals surface area contributed by atoms with E-state index in [4.69, 9.17) is 4.74 Å². The fourth-order valence-corrected chi connectivity index (χ4v) is 2.70. The molecule has 0 amide bonds. The molecule has 0 bridgehead atoms. The Morgan fingerprint density at radius 1 is 1.00 bits per heavy atom. The first-order valence-corrected chi connectivity index (χ1v) is 7.60. The molecule has 0 radical (unpaired) electrons. The van der Waals surface area contributed by atoms with Crippen LogP contribution in [0.4, 0.5) is 0 Å². The van der Waals surface area contributed by atoms with E-state index in [-0.39, 0.29) is 6.17 Å². The highest BCUT2D eigenvalue weighted by Gasteiger charge is 2.15. The van der Waals surface area contributed by atoms with Crippen molar-refractivity contribution in [1.29, 1.82) is 0 Å². The maximum Gasteiger partial charge on any atom is 0.0836 e. The lowest BCUT2D eigenvalue weighted by atomic mass is 10.0. The Kier molecular flexibility index (Phi) is 4.65. The molecule has 0 atom stereocenters. The van der Waals surface area contributed by atoms with Crippen LogP contribution < -0.4 is 10.6 Å². The van der Waals surface area contributed by atoms with Gasteiger partial charge in [0.25, 0.3) is 0 Å². The standard InChI is InChI=1S/C18H22N2O/c1-2-21-13-14-5-3-6-15(11-14)16-7-4-8-17(12-16)18-19-9-10-20-18/h3-8,11-12,18-20H,2,9-10,13H2,1H3. The minimum Gasteiger partial charge on any atom is -0.377 e. The number of ether oxygens (including phenoxy) is 1. The largest absolute Gasteiger partial charge is 0.377 e. The average molecular weight is 282 g/mol. The summed E-state index contributed by atoms with van der Waals surface area (Å²) in [4.78, 5) is 0. The number of rotatable bonds is 5. The van der Waals surface area contributed by atoms with E-state index >= 15 is 0 Å². The van der Waals surface area contributed by atoms with Crippen molar-refractivity contribution in [3.05, 3.63) is 59.7 Å². The molecule has 2 N–H and O–H groups in total. The van der Waals surface area contributed by atoms with Crippen molar-refractivity contribution in [2.45, 2.75) is 19.7 Å². The van der Waals surface area contributed by atoms with Gasteiger partial charge in [-0.25, -0.2) is 0 Å². The highest BCUT2D eigenvalue weighted by Crippen LogP contribution is 2.24. The Morgan fingerprint density at radius 3 is 2.48 bits per heavy atom. The van der Waals surface area contributed by atoms with Crippen molar-refractivity contribution < 1.29 is 4.74 Å². The van der Waals surface area contributed by atoms with Crippen molar-refractivity contribution in [3.8, 4) is 11.1 Å². The molecule has 0 spiro atoms. The van der Waals surface area contributed by atoms with Gasteiger partial charge in [-0.15, -0.1) is 0 Å². The number of hydrogen-bond acceptors (Lipinski definition) is 3. The van der Waals surface area contributed by atoms with Gasteiger partial charge in [-0.3, -0.25) is 10.6 Å². The number of hydrogen-bond donors (Lipinski definition) is 2. The van der Waals surface area contributed by atoms with E-state index < -0.39 is 0 Å². The van der Waals surface area contributed by atoms with Gasteiger partial charge in [0.2, 0.25) is 0 Å². The summed E-state index contributed by atoms with van der Waals surface area (Å²) in [5.41, 5.74) is 5.01. The highest BCUT2D eigenvalue weighted by atomic mass is 16.5. The van der Waals surface area contributed by atoms with Crippen LogP contribution in [0.25, 0.3) is 11.1 Å². The smallest absolute Gasteiger partial charge is 0.0836 e. The maximum atomic E-state index is 5.50. The van der Waals surface area contributed by atoms with Crippen LogP contribution in [0.15, 0.2) is 48.5 Å². The molecule has 0 aromatic heterocycles. The third kappa shape index (κ3) is 3.50. The summed E-state index contributed by atoms with van der Waals surface area (Å²) in [7, 11) is 0. The molecular formula is C18H22N2O. The van der Waals surface area contributed by atoms with E-state index in [2.05, 4.69) is 59.2 Å². The minimum atomic E-state index is 0.275. The summed E-state index contributed by atoms with van der Waals surface area (Å²) in [6, 6.07) is 17.3. The predicted octanol–water partition coefficient (Wildman–Crippen LogP) is 3.08. The summed E-state index contributed by atoms with van der Waals surface area (Å²) < 4.78 is 5.50. The molecule has 110 valence electrons. The second-order valence-electron chi connectivity index (χ2n) is 5.30. The second-order valence-corrected chi connectivity index (χ2v) is 5.30. The number of benzene rings is 2. The van der Waals surface area contributed by atoms with E-state index in [0.29, 0.717) is 6.61 Å². The van der Waals surface area contributed by atoms with Crippen LogP contribution >= 0.6 is 0 Å². The Labute approximate surface area is 126 Å². The van der Waals surface area contributed by atoms with Crippen molar-refractivity contribution in [2.24, 2.45) is 0 Å². The van der Waals surface area contributed by atoms with E-state index in [9.17, 15) is 0 Å². The molecule has 3 rings (SSSR count). The molecule has 0 unspecified atom stereocenters. The molecule has 0 aliphatic carbocycles. The molecule has 1 heterocycles. The summed E-state index contributed by atoms with van der Waals surface area (Å²) >= 11 is 0. The molecule has 1 saturated heterocycles. The first-order chi connectivity index (χ1) is 10.4. The van der Waals surface area contributed by atoms with E-state index in [1.54, 1.807) is 0 Å². The Morgan fingerprint density at radius 2 is 1.71 bits per heavy atom. The molecule has 3 heteroatoms. The fraction of sp³-hybridized carbons (Fsp3) is 0.333. The van der Waals surface area contributed by atoms with Crippen LogP contribution in [-0.4, -0.2) is 19.7 Å². The molecule has 2 aromatic rings. The van der Waals surface area contributed by atoms with Gasteiger partial charge in [-0.1, -0.05) is 36.4 Å². The zero-order valence-corrected chi connectivity index (χ0v) is 12.4. The quantitative estimate of drug-likeness (QED) is 0.884. The third-order valence-corrected chi connectivity index (χ3v) is 3.78. The van der Waals surface area contributed by atoms with Crippen LogP contribution in [-0.2, 0) is 11.3 Å². The fourth-order valence-electron chi connectivity index (χ4n) is 2.70. The monoisotopic (exact) mass is 282 g/mol. The Hall–Kier alpha value is -1.68. The highest BCUT2D eigenvalue weighted by molar-refractivity contribution is 5.65. The molecule has 21 heavy (non-hydrogen) atoms. The van der Waals surface area contributed by atoms with Gasteiger partial charge in [-0.2, -0.15) is 0 Å². The van der Waals surface area contributed by atoms with E-state index in [0.717, 1.165) is 19.7 Å². The van der Waals surface area contributed by atoms with Crippen molar-refractivity contribution in [3.63, 3.8) is 0 Å². The zero-order valence-electron chi connectivity index (χ0n) is 12.4. The first-order valence-electron chi connectivity index (χ1n) is 7.60. The van der Waals surface area contributed by atoms with Gasteiger partial charge in [-0.05, 0) is 41.3 Å². The summed E-state index contributed by atoms with van der Waals surface area (Å²) in [6.07, 6.45) is 0.275. The molecule has 1 aliphatic heterocycles. The average Bonchev–Trinajstić information content (AvgIpc) is 3.08. The van der Waals surface area contributed by atoms with Crippen LogP contribution in [0, 0.1) is 0 Å². The normalized spacial score (nSPS) is 15.5. The third-order valence-electron chi connectivity index (χ3n) is 3.78. The Balaban J connectivity index is 1.84. The van der Waals surface area contributed by atoms with Crippen LogP contribution in [0.5, 0.6) is 0 Å². The van der Waals surface area contributed by atoms with Gasteiger partial charge in [0, 0.05) is 19.7 Å². The van der Waals surface area contributed by atoms with E-state index in [1.165, 1.54) is 22.3 Å². The first kappa shape index (κ1) is 14.3. The lowest BCUT2D eigenvalue weighted by Gasteiger charge is -2.13. The summed E-state index contributed by atoms with van der Waals surface area (Å²) in [5.74, 6) is 0. The Bertz CT molecular complexity index is 591. The van der Waals surface area contributed by atoms with Gasteiger partial charge in [0.15, 0.2) is 0 Å². The summed E-state index contributed by atoms with van der Waals surface area (Å²) in [6.45, 7) is 5.50. The van der Waals surface area contributed by atoms with Gasteiger partial charge in [0.05, 0.1) is 12.8 Å². The van der Waals surface area contributed by atoms with Crippen molar-refractivity contribution in [2.75, 3.05) is 19.7 Å². The van der Waals surface area contributed by atoms with E-state index in [1.807, 2.05) is 6.92 Å². The molecular weight excluding hydrogens is 260 g/mol. The van der Waals surface area contributed by atoms with Gasteiger partial charge in [0.1, 0.15) is 0 Å². The van der Waals surface area contributed by atoms with Gasteiger partial charge >= 0.3 is 0 Å². The van der Waals surface area contributed by atoms with Crippen LogP contribution in [0.3, 0.4) is 0 Å². The topological polar surface area (TPSA) is 33.3 Å². The maximum absolute atomic E-state index is 5.50. The molecule has 1 aliphatic rings. The van der Waals surface area contributed by atoms with Crippen molar-refractivity contribution >= 4 is 0 Å². The zero-order chi connectivity index (χ0) is 14.5. The van der Waals surface area contributed by atoms with Crippen LogP contribution in [0.1, 0.15) is 24.2 Å². The predicted molar refractivity (Wildman–Crippen MR) is 86.0 cm³/mol. The van der Waals surface area contributed by atoms with Gasteiger partial charge < -0.3 is 4.74 Å². The summed E-state index contributed by atoms with van der Waals surface area (Å²) in [5, 5.41) is 6.92.